The second-order valence-electron chi connectivity index (χ2n) is 5.36. The number of methoxy groups -OCH3 is 1. The van der Waals surface area contributed by atoms with E-state index in [9.17, 15) is 4.79 Å². The standard InChI is InChI=1S/C20H19NO4/c1-23-18-10-6-5-7-15(18)13-21-20(22)19-12-11-17(25-19)14-24-16-8-3-2-4-9-16/h2-12H,13-14H2,1H3,(H,21,22). The minimum absolute atomic E-state index is 0.251. The molecular formula is C20H19NO4. The third-order valence-corrected chi connectivity index (χ3v) is 3.64. The molecule has 3 rings (SSSR count). The lowest BCUT2D eigenvalue weighted by molar-refractivity contribution is 0.0919. The van der Waals surface area contributed by atoms with Crippen molar-refractivity contribution in [2.24, 2.45) is 0 Å². The summed E-state index contributed by atoms with van der Waals surface area (Å²) in [6, 6.07) is 20.4. The van der Waals surface area contributed by atoms with Crippen LogP contribution >= 0.6 is 0 Å². The van der Waals surface area contributed by atoms with Crippen molar-refractivity contribution in [3.05, 3.63) is 83.8 Å². The molecule has 1 aromatic heterocycles. The predicted octanol–water partition coefficient (Wildman–Crippen LogP) is 3.80. The zero-order valence-electron chi connectivity index (χ0n) is 13.9. The normalized spacial score (nSPS) is 10.3. The molecule has 1 N–H and O–H groups in total. The number of ether oxygens (including phenoxy) is 2. The first-order valence-corrected chi connectivity index (χ1v) is 7.93. The molecule has 25 heavy (non-hydrogen) atoms. The lowest BCUT2D eigenvalue weighted by Gasteiger charge is -2.08. The van der Waals surface area contributed by atoms with E-state index in [4.69, 9.17) is 13.9 Å². The van der Waals surface area contributed by atoms with Gasteiger partial charge in [-0.1, -0.05) is 36.4 Å². The van der Waals surface area contributed by atoms with Gasteiger partial charge in [0.2, 0.25) is 0 Å². The van der Waals surface area contributed by atoms with Crippen LogP contribution < -0.4 is 14.8 Å². The van der Waals surface area contributed by atoms with Crippen LogP contribution in [-0.2, 0) is 13.2 Å². The SMILES string of the molecule is COc1ccccc1CNC(=O)c1ccc(COc2ccccc2)o1. The van der Waals surface area contributed by atoms with E-state index in [1.807, 2.05) is 54.6 Å². The molecule has 0 unspecified atom stereocenters. The molecule has 0 saturated carbocycles. The smallest absolute Gasteiger partial charge is 0.287 e. The molecule has 1 amide bonds. The Balaban J connectivity index is 1.55. The summed E-state index contributed by atoms with van der Waals surface area (Å²) in [4.78, 5) is 12.2. The van der Waals surface area contributed by atoms with Gasteiger partial charge in [0.05, 0.1) is 7.11 Å². The van der Waals surface area contributed by atoms with Crippen molar-refractivity contribution in [2.45, 2.75) is 13.2 Å². The van der Waals surface area contributed by atoms with Crippen molar-refractivity contribution in [1.29, 1.82) is 0 Å². The van der Waals surface area contributed by atoms with E-state index in [0.717, 1.165) is 17.1 Å². The van der Waals surface area contributed by atoms with Gasteiger partial charge >= 0.3 is 0 Å². The summed E-state index contributed by atoms with van der Waals surface area (Å²) in [5.74, 6) is 2.05. The van der Waals surface area contributed by atoms with E-state index in [-0.39, 0.29) is 18.3 Å². The van der Waals surface area contributed by atoms with E-state index < -0.39 is 0 Å². The van der Waals surface area contributed by atoms with Gasteiger partial charge in [-0.25, -0.2) is 0 Å². The Labute approximate surface area is 146 Å². The van der Waals surface area contributed by atoms with Crippen molar-refractivity contribution >= 4 is 5.91 Å². The third kappa shape index (κ3) is 4.41. The van der Waals surface area contributed by atoms with Crippen LogP contribution in [0.3, 0.4) is 0 Å². The maximum atomic E-state index is 12.2. The van der Waals surface area contributed by atoms with E-state index in [1.54, 1.807) is 19.2 Å². The molecular weight excluding hydrogens is 318 g/mol. The summed E-state index contributed by atoms with van der Waals surface area (Å²) in [5, 5.41) is 2.82. The van der Waals surface area contributed by atoms with Gasteiger partial charge in [0, 0.05) is 12.1 Å². The van der Waals surface area contributed by atoms with Gasteiger partial charge in [0.15, 0.2) is 5.76 Å². The zero-order chi connectivity index (χ0) is 17.5. The first-order valence-electron chi connectivity index (χ1n) is 7.93. The molecule has 1 heterocycles. The summed E-state index contributed by atoms with van der Waals surface area (Å²) in [6.45, 7) is 0.628. The van der Waals surface area contributed by atoms with E-state index in [0.29, 0.717) is 12.3 Å². The van der Waals surface area contributed by atoms with Crippen LogP contribution in [0, 0.1) is 0 Å². The van der Waals surface area contributed by atoms with Gasteiger partial charge < -0.3 is 19.2 Å². The molecule has 0 aliphatic carbocycles. The van der Waals surface area contributed by atoms with Crippen molar-refractivity contribution in [3.8, 4) is 11.5 Å². The highest BCUT2D eigenvalue weighted by Gasteiger charge is 2.12. The van der Waals surface area contributed by atoms with Crippen LogP contribution in [0.5, 0.6) is 11.5 Å². The van der Waals surface area contributed by atoms with Gasteiger partial charge in [-0.3, -0.25) is 4.79 Å². The average Bonchev–Trinajstić information content (AvgIpc) is 3.14. The molecule has 0 fully saturated rings. The number of hydrogen-bond acceptors (Lipinski definition) is 4. The maximum absolute atomic E-state index is 12.2. The summed E-state index contributed by atoms with van der Waals surface area (Å²) in [5.41, 5.74) is 0.901. The Bertz CT molecular complexity index is 826. The van der Waals surface area contributed by atoms with Crippen LogP contribution in [0.25, 0.3) is 0 Å². The Kier molecular flexibility index (Phi) is 5.36. The third-order valence-electron chi connectivity index (χ3n) is 3.64. The monoisotopic (exact) mass is 337 g/mol. The summed E-state index contributed by atoms with van der Waals surface area (Å²) in [6.07, 6.45) is 0. The Morgan fingerprint density at radius 3 is 2.56 bits per heavy atom. The quantitative estimate of drug-likeness (QED) is 0.712. The van der Waals surface area contributed by atoms with Gasteiger partial charge in [0.25, 0.3) is 5.91 Å². The summed E-state index contributed by atoms with van der Waals surface area (Å²) >= 11 is 0. The molecule has 0 aliphatic heterocycles. The number of nitrogens with one attached hydrogen (secondary N) is 1. The molecule has 0 bridgehead atoms. The second-order valence-corrected chi connectivity index (χ2v) is 5.36. The number of furan rings is 1. The number of para-hydroxylation sites is 2. The van der Waals surface area contributed by atoms with E-state index >= 15 is 0 Å². The van der Waals surface area contributed by atoms with Gasteiger partial charge in [-0.05, 0) is 30.3 Å². The molecule has 5 nitrogen and oxygen atoms in total. The second kappa shape index (κ2) is 8.06. The van der Waals surface area contributed by atoms with Crippen LogP contribution in [-0.4, -0.2) is 13.0 Å². The molecule has 0 spiro atoms. The van der Waals surface area contributed by atoms with Gasteiger partial charge in [0.1, 0.15) is 23.9 Å². The molecule has 0 atom stereocenters. The lowest BCUT2D eigenvalue weighted by Crippen LogP contribution is -2.22. The van der Waals surface area contributed by atoms with Crippen LogP contribution in [0.2, 0.25) is 0 Å². The molecule has 128 valence electrons. The van der Waals surface area contributed by atoms with Crippen molar-refractivity contribution in [3.63, 3.8) is 0 Å². The first kappa shape index (κ1) is 16.6. The fourth-order valence-corrected chi connectivity index (χ4v) is 2.36. The molecule has 3 aromatic rings. The van der Waals surface area contributed by atoms with Crippen LogP contribution in [0.4, 0.5) is 0 Å². The summed E-state index contributed by atoms with van der Waals surface area (Å²) < 4.78 is 16.4. The molecule has 5 heteroatoms. The minimum Gasteiger partial charge on any atom is -0.496 e. The average molecular weight is 337 g/mol. The van der Waals surface area contributed by atoms with Crippen molar-refractivity contribution in [2.75, 3.05) is 7.11 Å². The highest BCUT2D eigenvalue weighted by molar-refractivity contribution is 5.91. The van der Waals surface area contributed by atoms with E-state index in [1.165, 1.54) is 0 Å². The molecule has 0 saturated heterocycles. The minimum atomic E-state index is -0.281. The highest BCUT2D eigenvalue weighted by Crippen LogP contribution is 2.17. The van der Waals surface area contributed by atoms with Gasteiger partial charge in [-0.15, -0.1) is 0 Å². The molecule has 2 aromatic carbocycles. The number of carbonyl (C=O) groups excluding carboxylic acids is 1. The van der Waals surface area contributed by atoms with Crippen LogP contribution in [0.1, 0.15) is 21.9 Å². The maximum Gasteiger partial charge on any atom is 0.287 e. The van der Waals surface area contributed by atoms with Crippen LogP contribution in [0.15, 0.2) is 71.1 Å². The fourth-order valence-electron chi connectivity index (χ4n) is 2.36. The number of rotatable bonds is 7. The molecule has 0 radical (unpaired) electrons. The molecule has 0 aliphatic rings. The summed E-state index contributed by atoms with van der Waals surface area (Å²) in [7, 11) is 1.60. The van der Waals surface area contributed by atoms with Gasteiger partial charge in [-0.2, -0.15) is 0 Å². The van der Waals surface area contributed by atoms with E-state index in [2.05, 4.69) is 5.32 Å². The number of hydrogen-bond donors (Lipinski definition) is 1. The lowest BCUT2D eigenvalue weighted by atomic mass is 10.2. The highest BCUT2D eigenvalue weighted by atomic mass is 16.5. The fraction of sp³-hybridized carbons (Fsp3) is 0.150. The first-order chi connectivity index (χ1) is 12.3. The number of amides is 1. The Hall–Kier alpha value is -3.21. The van der Waals surface area contributed by atoms with Crippen molar-refractivity contribution < 1.29 is 18.7 Å². The predicted molar refractivity (Wildman–Crippen MR) is 93.6 cm³/mol. The van der Waals surface area contributed by atoms with Crippen molar-refractivity contribution in [1.82, 2.24) is 5.32 Å². The topological polar surface area (TPSA) is 60.7 Å². The Morgan fingerprint density at radius 2 is 1.76 bits per heavy atom. The zero-order valence-corrected chi connectivity index (χ0v) is 13.9. The Morgan fingerprint density at radius 1 is 1.00 bits per heavy atom. The number of carbonyl (C=O) groups is 1. The number of benzene rings is 2. The largest absolute Gasteiger partial charge is 0.496 e.